The van der Waals surface area contributed by atoms with Crippen LogP contribution in [0.25, 0.3) is 32.3 Å². The molecule has 1 aliphatic rings. The van der Waals surface area contributed by atoms with Crippen LogP contribution in [0.2, 0.25) is 0 Å². The number of pyridine rings is 1. The number of halogens is 3. The fraction of sp³-hybridized carbons (Fsp3) is 0.237. The smallest absolute Gasteiger partial charge is 0.416 e. The zero-order chi connectivity index (χ0) is 30.7. The molecule has 0 radical (unpaired) electrons. The maximum absolute atomic E-state index is 13.5. The quantitative estimate of drug-likeness (QED) is 0.186. The summed E-state index contributed by atoms with van der Waals surface area (Å²) in [6.45, 7) is 0. The summed E-state index contributed by atoms with van der Waals surface area (Å²) in [5, 5.41) is 6.79. The predicted molar refractivity (Wildman–Crippen MR) is 172 cm³/mol. The Morgan fingerprint density at radius 1 is 0.773 bits per heavy atom. The molecule has 0 N–H and O–H groups in total. The van der Waals surface area contributed by atoms with Gasteiger partial charge in [0.25, 0.3) is 0 Å². The molecular weight excluding hydrogens is 559 g/mol. The van der Waals surface area contributed by atoms with Crippen LogP contribution < -0.4 is 9.47 Å². The van der Waals surface area contributed by atoms with Crippen molar-refractivity contribution in [1.29, 1.82) is 0 Å². The van der Waals surface area contributed by atoms with Crippen molar-refractivity contribution in [2.45, 2.75) is 44.2 Å². The fourth-order valence-corrected chi connectivity index (χ4v) is 6.64. The first-order valence-electron chi connectivity index (χ1n) is 14.9. The summed E-state index contributed by atoms with van der Waals surface area (Å²) in [6.07, 6.45) is 3.44. The molecule has 44 heavy (non-hydrogen) atoms. The number of methoxy groups -OCH3 is 2. The van der Waals surface area contributed by atoms with Crippen LogP contribution in [0.15, 0.2) is 103 Å². The van der Waals surface area contributed by atoms with E-state index in [-0.39, 0.29) is 5.92 Å². The van der Waals surface area contributed by atoms with Crippen LogP contribution >= 0.6 is 0 Å². The van der Waals surface area contributed by atoms with Gasteiger partial charge in [0.1, 0.15) is 11.5 Å². The molecular formula is C38H34F3NO2. The summed E-state index contributed by atoms with van der Waals surface area (Å²) in [6, 6.07) is 28.6. The van der Waals surface area contributed by atoms with E-state index in [4.69, 9.17) is 9.47 Å². The van der Waals surface area contributed by atoms with Gasteiger partial charge in [0.05, 0.1) is 25.2 Å². The van der Waals surface area contributed by atoms with Gasteiger partial charge in [-0.1, -0.05) is 66.7 Å². The normalized spacial score (nSPS) is 14.6. The van der Waals surface area contributed by atoms with Gasteiger partial charge in [0.2, 0.25) is 0 Å². The minimum atomic E-state index is -4.32. The molecule has 7 rings (SSSR count). The summed E-state index contributed by atoms with van der Waals surface area (Å²) in [7, 11) is 3.33. The fourth-order valence-electron chi connectivity index (χ4n) is 6.64. The highest BCUT2D eigenvalue weighted by Crippen LogP contribution is 2.45. The molecule has 1 heterocycles. The third-order valence-corrected chi connectivity index (χ3v) is 8.73. The molecule has 0 fully saturated rings. The van der Waals surface area contributed by atoms with E-state index < -0.39 is 11.7 Å². The lowest BCUT2D eigenvalue weighted by molar-refractivity contribution is -0.138. The van der Waals surface area contributed by atoms with Crippen molar-refractivity contribution in [2.24, 2.45) is 0 Å². The average Bonchev–Trinajstić information content (AvgIpc) is 3.06. The van der Waals surface area contributed by atoms with Crippen LogP contribution in [-0.2, 0) is 19.0 Å². The number of benzene rings is 5. The van der Waals surface area contributed by atoms with Crippen LogP contribution in [-0.4, -0.2) is 19.2 Å². The number of hydrogen-bond donors (Lipinski definition) is 0. The van der Waals surface area contributed by atoms with Gasteiger partial charge in [0, 0.05) is 12.4 Å². The van der Waals surface area contributed by atoms with Crippen molar-refractivity contribution in [2.75, 3.05) is 14.2 Å². The van der Waals surface area contributed by atoms with E-state index in [0.29, 0.717) is 18.4 Å². The Morgan fingerprint density at radius 3 is 2.32 bits per heavy atom. The highest BCUT2D eigenvalue weighted by atomic mass is 19.4. The number of rotatable bonds is 5. The van der Waals surface area contributed by atoms with E-state index in [2.05, 4.69) is 41.4 Å². The first-order chi connectivity index (χ1) is 21.4. The molecule has 3 nitrogen and oxygen atoms in total. The van der Waals surface area contributed by atoms with E-state index in [1.807, 2.05) is 42.7 Å². The van der Waals surface area contributed by atoms with E-state index in [0.717, 1.165) is 52.3 Å². The lowest BCUT2D eigenvalue weighted by Crippen LogP contribution is -2.13. The predicted octanol–water partition coefficient (Wildman–Crippen LogP) is 10.3. The van der Waals surface area contributed by atoms with Crippen molar-refractivity contribution < 1.29 is 22.6 Å². The van der Waals surface area contributed by atoms with Crippen LogP contribution in [0.4, 0.5) is 13.2 Å². The van der Waals surface area contributed by atoms with Crippen molar-refractivity contribution in [3.63, 3.8) is 0 Å². The lowest BCUT2D eigenvalue weighted by atomic mass is 9.77. The third-order valence-electron chi connectivity index (χ3n) is 8.73. The number of nitrogens with zero attached hydrogens (tertiary/aromatic N) is 1. The molecule has 0 unspecified atom stereocenters. The Balaban J connectivity index is 0.000000289. The molecule has 224 valence electrons. The van der Waals surface area contributed by atoms with Crippen molar-refractivity contribution >= 4 is 32.3 Å². The lowest BCUT2D eigenvalue weighted by Gasteiger charge is -2.28. The maximum atomic E-state index is 13.5. The summed E-state index contributed by atoms with van der Waals surface area (Å²) in [5.41, 5.74) is 2.41. The largest absolute Gasteiger partial charge is 0.496 e. The molecule has 1 aliphatic carbocycles. The van der Waals surface area contributed by atoms with Gasteiger partial charge in [0.15, 0.2) is 0 Å². The molecule has 0 amide bonds. The average molecular weight is 594 g/mol. The first kappa shape index (κ1) is 29.5. The molecule has 0 aliphatic heterocycles. The second-order valence-electron chi connectivity index (χ2n) is 11.2. The second kappa shape index (κ2) is 12.6. The zero-order valence-corrected chi connectivity index (χ0v) is 24.8. The molecule has 6 heteroatoms. The monoisotopic (exact) mass is 593 g/mol. The Kier molecular flexibility index (Phi) is 8.42. The third kappa shape index (κ3) is 5.81. The van der Waals surface area contributed by atoms with Gasteiger partial charge < -0.3 is 9.47 Å². The van der Waals surface area contributed by atoms with Gasteiger partial charge in [-0.3, -0.25) is 4.98 Å². The molecule has 1 atom stereocenters. The van der Waals surface area contributed by atoms with Gasteiger partial charge in [-0.25, -0.2) is 0 Å². The number of ether oxygens (including phenoxy) is 2. The number of hydrogen-bond acceptors (Lipinski definition) is 3. The van der Waals surface area contributed by atoms with Crippen molar-refractivity contribution in [3.8, 4) is 11.5 Å². The second-order valence-corrected chi connectivity index (χ2v) is 11.2. The van der Waals surface area contributed by atoms with Gasteiger partial charge in [-0.15, -0.1) is 0 Å². The Hall–Kier alpha value is -4.58. The molecule has 0 saturated carbocycles. The zero-order valence-electron chi connectivity index (χ0n) is 24.8. The molecule has 0 saturated heterocycles. The highest BCUT2D eigenvalue weighted by Gasteiger charge is 2.33. The van der Waals surface area contributed by atoms with Gasteiger partial charge >= 0.3 is 6.18 Å². The summed E-state index contributed by atoms with van der Waals surface area (Å²) < 4.78 is 51.7. The van der Waals surface area contributed by atoms with Crippen LogP contribution in [0.1, 0.15) is 47.4 Å². The maximum Gasteiger partial charge on any atom is 0.416 e. The number of aryl methyl sites for hydroxylation is 2. The Bertz CT molecular complexity index is 1870. The van der Waals surface area contributed by atoms with Gasteiger partial charge in [-0.05, 0) is 106 Å². The molecule has 5 aromatic carbocycles. The van der Waals surface area contributed by atoms with E-state index in [9.17, 15) is 13.2 Å². The van der Waals surface area contributed by atoms with E-state index in [1.54, 1.807) is 26.4 Å². The summed E-state index contributed by atoms with van der Waals surface area (Å²) >= 11 is 0. The van der Waals surface area contributed by atoms with Crippen LogP contribution in [0.3, 0.4) is 0 Å². The minimum absolute atomic E-state index is 0.237. The number of fused-ring (bicyclic) bond motifs is 6. The molecule has 0 bridgehead atoms. The van der Waals surface area contributed by atoms with E-state index in [1.165, 1.54) is 34.0 Å². The van der Waals surface area contributed by atoms with Crippen molar-refractivity contribution in [1.82, 2.24) is 4.98 Å². The summed E-state index contributed by atoms with van der Waals surface area (Å²) in [5.74, 6) is 1.78. The van der Waals surface area contributed by atoms with Gasteiger partial charge in [-0.2, -0.15) is 13.2 Å². The molecule has 0 spiro atoms. The standard InChI is InChI=1S/C29H27F3O2.C9H7N/c1-33-26-12-6-10-23-22-16-15-20-18(13-14-19-7-3-4-11-25(19)29(30,31)32)8-5-9-21(20)24(22)17-27(34-2)28(23)26;1-2-4-9-7-10-6-5-8(9)3-1/h3-4,6-7,10-12,15-18H,5,8-9,13-14H2,1-2H3;1-7H/t18-;/m0./s1. The topological polar surface area (TPSA) is 31.4 Å². The highest BCUT2D eigenvalue weighted by molar-refractivity contribution is 6.13. The van der Waals surface area contributed by atoms with Crippen LogP contribution in [0, 0.1) is 0 Å². The number of aromatic nitrogens is 1. The minimum Gasteiger partial charge on any atom is -0.496 e. The summed E-state index contributed by atoms with van der Waals surface area (Å²) in [4.78, 5) is 4.01. The van der Waals surface area contributed by atoms with Crippen molar-refractivity contribution in [3.05, 3.63) is 126 Å². The molecule has 1 aromatic heterocycles. The number of alkyl halides is 3. The van der Waals surface area contributed by atoms with Crippen LogP contribution in [0.5, 0.6) is 11.5 Å². The Morgan fingerprint density at radius 2 is 1.55 bits per heavy atom. The molecule has 6 aromatic rings. The van der Waals surface area contributed by atoms with E-state index >= 15 is 0 Å². The SMILES string of the molecule is COc1cccc2c1c(OC)cc1c3c(ccc12)[C@H](CCc1ccccc1C(F)(F)F)CCC3.c1ccc2cnccc2c1. The first-order valence-corrected chi connectivity index (χ1v) is 14.9. The Labute approximate surface area is 255 Å².